The van der Waals surface area contributed by atoms with Crippen LogP contribution in [0, 0.1) is 6.92 Å². The third kappa shape index (κ3) is 1.57. The predicted molar refractivity (Wildman–Crippen MR) is 57.8 cm³/mol. The number of thiophene rings is 2. The van der Waals surface area contributed by atoms with E-state index in [4.69, 9.17) is 0 Å². The van der Waals surface area contributed by atoms with Crippen molar-refractivity contribution in [1.82, 2.24) is 0 Å². The first-order valence-corrected chi connectivity index (χ1v) is 5.65. The predicted octanol–water partition coefficient (Wildman–Crippen LogP) is 3.60. The number of hydrogen-bond acceptors (Lipinski definition) is 3. The zero-order valence-corrected chi connectivity index (χ0v) is 8.74. The van der Waals surface area contributed by atoms with E-state index < -0.39 is 0 Å². The topological polar surface area (TPSA) is 17.1 Å². The van der Waals surface area contributed by atoms with Crippen molar-refractivity contribution in [3.05, 3.63) is 32.6 Å². The van der Waals surface area contributed by atoms with Gasteiger partial charge in [0.15, 0.2) is 6.29 Å². The summed E-state index contributed by atoms with van der Waals surface area (Å²) in [6, 6.07) is 4.03. The summed E-state index contributed by atoms with van der Waals surface area (Å²) in [5.41, 5.74) is 2.40. The molecule has 0 unspecified atom stereocenters. The van der Waals surface area contributed by atoms with E-state index in [-0.39, 0.29) is 0 Å². The van der Waals surface area contributed by atoms with Gasteiger partial charge in [-0.25, -0.2) is 0 Å². The second-order valence-corrected chi connectivity index (χ2v) is 4.81. The lowest BCUT2D eigenvalue weighted by atomic mass is 10.1. The van der Waals surface area contributed by atoms with Crippen LogP contribution >= 0.6 is 22.7 Å². The Labute approximate surface area is 84.7 Å². The van der Waals surface area contributed by atoms with Crippen LogP contribution in [-0.2, 0) is 0 Å². The van der Waals surface area contributed by atoms with Gasteiger partial charge < -0.3 is 0 Å². The summed E-state index contributed by atoms with van der Waals surface area (Å²) in [5, 5.41) is 4.10. The molecule has 3 heteroatoms. The van der Waals surface area contributed by atoms with E-state index in [1.807, 2.05) is 11.4 Å². The zero-order valence-electron chi connectivity index (χ0n) is 7.11. The summed E-state index contributed by atoms with van der Waals surface area (Å²) in [7, 11) is 0. The Kier molecular flexibility index (Phi) is 2.29. The fraction of sp³-hybridized carbons (Fsp3) is 0.100. The van der Waals surface area contributed by atoms with Crippen molar-refractivity contribution in [2.75, 3.05) is 0 Å². The van der Waals surface area contributed by atoms with Gasteiger partial charge in [0.2, 0.25) is 0 Å². The van der Waals surface area contributed by atoms with Crippen molar-refractivity contribution < 1.29 is 4.79 Å². The average molecular weight is 208 g/mol. The van der Waals surface area contributed by atoms with Gasteiger partial charge in [0, 0.05) is 4.88 Å². The van der Waals surface area contributed by atoms with Gasteiger partial charge in [-0.15, -0.1) is 22.7 Å². The van der Waals surface area contributed by atoms with Crippen molar-refractivity contribution in [2.24, 2.45) is 0 Å². The smallest absolute Gasteiger partial charge is 0.160 e. The zero-order chi connectivity index (χ0) is 9.26. The third-order valence-corrected chi connectivity index (χ3v) is 3.61. The van der Waals surface area contributed by atoms with E-state index in [1.54, 1.807) is 11.3 Å². The molecule has 0 saturated carbocycles. The van der Waals surface area contributed by atoms with Crippen molar-refractivity contribution in [2.45, 2.75) is 6.92 Å². The van der Waals surface area contributed by atoms with Gasteiger partial charge in [-0.3, -0.25) is 4.79 Å². The van der Waals surface area contributed by atoms with E-state index in [0.717, 1.165) is 16.7 Å². The standard InChI is InChI=1S/C10H8OS2/c1-7-10(2-3-12-7)8-4-9(5-11)13-6-8/h2-6H,1H3. The van der Waals surface area contributed by atoms with Crippen LogP contribution in [0.2, 0.25) is 0 Å². The van der Waals surface area contributed by atoms with Crippen LogP contribution in [0.3, 0.4) is 0 Å². The second kappa shape index (κ2) is 3.44. The van der Waals surface area contributed by atoms with Crippen molar-refractivity contribution in [3.63, 3.8) is 0 Å². The summed E-state index contributed by atoms with van der Waals surface area (Å²) in [4.78, 5) is 12.6. The molecule has 0 aliphatic rings. The molecule has 1 nitrogen and oxygen atoms in total. The molecule has 2 aromatic rings. The van der Waals surface area contributed by atoms with Crippen LogP contribution < -0.4 is 0 Å². The highest BCUT2D eigenvalue weighted by atomic mass is 32.1. The van der Waals surface area contributed by atoms with Crippen LogP contribution in [0.1, 0.15) is 14.5 Å². The van der Waals surface area contributed by atoms with Crippen molar-refractivity contribution in [1.29, 1.82) is 0 Å². The first-order chi connectivity index (χ1) is 6.31. The SMILES string of the molecule is Cc1sccc1-c1csc(C=O)c1. The van der Waals surface area contributed by atoms with Gasteiger partial charge in [0.1, 0.15) is 0 Å². The summed E-state index contributed by atoms with van der Waals surface area (Å²) in [6.45, 7) is 2.10. The number of rotatable bonds is 2. The minimum atomic E-state index is 0.792. The highest BCUT2D eigenvalue weighted by Gasteiger charge is 2.05. The fourth-order valence-corrected chi connectivity index (χ4v) is 2.67. The lowest BCUT2D eigenvalue weighted by Crippen LogP contribution is -1.71. The Morgan fingerprint density at radius 2 is 2.23 bits per heavy atom. The molecule has 2 heterocycles. The van der Waals surface area contributed by atoms with E-state index >= 15 is 0 Å². The summed E-state index contributed by atoms with van der Waals surface area (Å²) in [6.07, 6.45) is 0.899. The summed E-state index contributed by atoms with van der Waals surface area (Å²) >= 11 is 3.23. The molecule has 0 radical (unpaired) electrons. The van der Waals surface area contributed by atoms with Gasteiger partial charge in [-0.1, -0.05) is 0 Å². The van der Waals surface area contributed by atoms with Gasteiger partial charge in [-0.05, 0) is 40.9 Å². The molecule has 0 aliphatic carbocycles. The molecule has 13 heavy (non-hydrogen) atoms. The number of aldehydes is 1. The molecular formula is C10H8OS2. The molecule has 0 atom stereocenters. The van der Waals surface area contributed by atoms with E-state index in [1.165, 1.54) is 21.8 Å². The molecule has 66 valence electrons. The summed E-state index contributed by atoms with van der Waals surface area (Å²) < 4.78 is 0. The first kappa shape index (κ1) is 8.66. The minimum Gasteiger partial charge on any atom is -0.297 e. The molecule has 0 aromatic carbocycles. The second-order valence-electron chi connectivity index (χ2n) is 2.75. The molecule has 0 aliphatic heterocycles. The maximum absolute atomic E-state index is 10.5. The fourth-order valence-electron chi connectivity index (χ4n) is 1.24. The maximum atomic E-state index is 10.5. The molecule has 0 amide bonds. The van der Waals surface area contributed by atoms with Gasteiger partial charge >= 0.3 is 0 Å². The highest BCUT2D eigenvalue weighted by Crippen LogP contribution is 2.30. The van der Waals surface area contributed by atoms with Crippen LogP contribution in [0.5, 0.6) is 0 Å². The molecule has 0 bridgehead atoms. The van der Waals surface area contributed by atoms with E-state index in [9.17, 15) is 4.79 Å². The Bertz CT molecular complexity index is 426. The number of aryl methyl sites for hydroxylation is 1. The van der Waals surface area contributed by atoms with Gasteiger partial charge in [0.05, 0.1) is 4.88 Å². The van der Waals surface area contributed by atoms with Crippen molar-refractivity contribution in [3.8, 4) is 11.1 Å². The Balaban J connectivity index is 2.46. The van der Waals surface area contributed by atoms with E-state index in [0.29, 0.717) is 0 Å². The quantitative estimate of drug-likeness (QED) is 0.689. The summed E-state index contributed by atoms with van der Waals surface area (Å²) in [5.74, 6) is 0. The first-order valence-electron chi connectivity index (χ1n) is 3.89. The average Bonchev–Trinajstić information content (AvgIpc) is 2.71. The number of carbonyl (C=O) groups is 1. The highest BCUT2D eigenvalue weighted by molar-refractivity contribution is 7.12. The normalized spacial score (nSPS) is 10.2. The van der Waals surface area contributed by atoms with Crippen LogP contribution in [0.4, 0.5) is 0 Å². The Morgan fingerprint density at radius 1 is 1.38 bits per heavy atom. The monoisotopic (exact) mass is 208 g/mol. The Hall–Kier alpha value is -0.930. The molecule has 0 spiro atoms. The van der Waals surface area contributed by atoms with Gasteiger partial charge in [-0.2, -0.15) is 0 Å². The largest absolute Gasteiger partial charge is 0.297 e. The maximum Gasteiger partial charge on any atom is 0.160 e. The number of hydrogen-bond donors (Lipinski definition) is 0. The lowest BCUT2D eigenvalue weighted by molar-refractivity contribution is 0.112. The third-order valence-electron chi connectivity index (χ3n) is 1.91. The minimum absolute atomic E-state index is 0.792. The molecule has 0 N–H and O–H groups in total. The molecular weight excluding hydrogens is 200 g/mol. The number of carbonyl (C=O) groups excluding carboxylic acids is 1. The lowest BCUT2D eigenvalue weighted by Gasteiger charge is -1.92. The molecule has 0 fully saturated rings. The molecule has 0 saturated heterocycles. The Morgan fingerprint density at radius 3 is 2.77 bits per heavy atom. The van der Waals surface area contributed by atoms with Gasteiger partial charge in [0.25, 0.3) is 0 Å². The van der Waals surface area contributed by atoms with Crippen LogP contribution in [-0.4, -0.2) is 6.29 Å². The molecule has 2 aromatic heterocycles. The van der Waals surface area contributed by atoms with Crippen LogP contribution in [0.15, 0.2) is 22.9 Å². The van der Waals surface area contributed by atoms with Crippen molar-refractivity contribution >= 4 is 29.0 Å². The van der Waals surface area contributed by atoms with Crippen LogP contribution in [0.25, 0.3) is 11.1 Å². The molecule has 2 rings (SSSR count). The van der Waals surface area contributed by atoms with E-state index in [2.05, 4.69) is 18.4 Å².